The van der Waals surface area contributed by atoms with Gasteiger partial charge in [0.15, 0.2) is 0 Å². The van der Waals surface area contributed by atoms with Gasteiger partial charge in [0.25, 0.3) is 5.91 Å². The van der Waals surface area contributed by atoms with Crippen LogP contribution in [0.1, 0.15) is 23.3 Å². The number of piperazine rings is 1. The Morgan fingerprint density at radius 3 is 2.31 bits per heavy atom. The van der Waals surface area contributed by atoms with Crippen LogP contribution in [0.2, 0.25) is 0 Å². The standard InChI is InChI=1S/C20H22FN5O3/c21-15-4-6-16(7-5-15)25-11-13-26(14-12-25)19(28)9-8-18(27)23-24-20(29)17-3-1-2-10-22-17/h1-7,10H,8-9,11-14H2,(H,23,27)(H,24,29). The molecule has 0 bridgehead atoms. The molecule has 2 aromatic rings. The topological polar surface area (TPSA) is 94.6 Å². The summed E-state index contributed by atoms with van der Waals surface area (Å²) in [6.07, 6.45) is 1.51. The second kappa shape index (κ2) is 9.63. The van der Waals surface area contributed by atoms with Crippen molar-refractivity contribution in [2.45, 2.75) is 12.8 Å². The number of hydrogen-bond donors (Lipinski definition) is 2. The number of rotatable bonds is 5. The van der Waals surface area contributed by atoms with Gasteiger partial charge >= 0.3 is 0 Å². The first-order valence-electron chi connectivity index (χ1n) is 9.31. The number of nitrogens with one attached hydrogen (secondary N) is 2. The van der Waals surface area contributed by atoms with Crippen molar-refractivity contribution < 1.29 is 18.8 Å². The molecule has 2 heterocycles. The molecule has 0 unspecified atom stereocenters. The van der Waals surface area contributed by atoms with Crippen LogP contribution in [-0.2, 0) is 9.59 Å². The third-order valence-electron chi connectivity index (χ3n) is 4.60. The summed E-state index contributed by atoms with van der Waals surface area (Å²) in [4.78, 5) is 43.7. The number of amides is 3. The van der Waals surface area contributed by atoms with E-state index in [0.29, 0.717) is 26.2 Å². The molecule has 1 aliphatic heterocycles. The SMILES string of the molecule is O=C(CCC(=O)N1CCN(c2ccc(F)cc2)CC1)NNC(=O)c1ccccn1. The Balaban J connectivity index is 1.37. The Morgan fingerprint density at radius 1 is 0.931 bits per heavy atom. The van der Waals surface area contributed by atoms with Crippen molar-refractivity contribution in [3.8, 4) is 0 Å². The van der Waals surface area contributed by atoms with Crippen molar-refractivity contribution in [2.24, 2.45) is 0 Å². The van der Waals surface area contributed by atoms with Crippen LogP contribution in [0.15, 0.2) is 48.7 Å². The minimum absolute atomic E-state index is 0.0283. The molecule has 1 fully saturated rings. The normalized spacial score (nSPS) is 13.7. The molecule has 3 rings (SSSR count). The summed E-state index contributed by atoms with van der Waals surface area (Å²) in [7, 11) is 0. The Hall–Kier alpha value is -3.49. The van der Waals surface area contributed by atoms with Crippen molar-refractivity contribution >= 4 is 23.4 Å². The lowest BCUT2D eigenvalue weighted by Crippen LogP contribution is -2.49. The summed E-state index contributed by atoms with van der Waals surface area (Å²) >= 11 is 0. The Morgan fingerprint density at radius 2 is 1.66 bits per heavy atom. The zero-order valence-corrected chi connectivity index (χ0v) is 15.8. The minimum atomic E-state index is -0.526. The number of carbonyl (C=O) groups is 3. The predicted octanol–water partition coefficient (Wildman–Crippen LogP) is 1.11. The molecule has 3 amide bonds. The molecule has 0 radical (unpaired) electrons. The molecular weight excluding hydrogens is 377 g/mol. The van der Waals surface area contributed by atoms with E-state index in [1.54, 1.807) is 29.2 Å². The Kier molecular flexibility index (Phi) is 6.72. The number of pyridine rings is 1. The molecule has 9 heteroatoms. The quantitative estimate of drug-likeness (QED) is 0.735. The second-order valence-electron chi connectivity index (χ2n) is 6.56. The van der Waals surface area contributed by atoms with E-state index in [9.17, 15) is 18.8 Å². The van der Waals surface area contributed by atoms with E-state index in [-0.39, 0.29) is 30.3 Å². The molecule has 1 aromatic heterocycles. The van der Waals surface area contributed by atoms with Crippen molar-refractivity contribution in [3.63, 3.8) is 0 Å². The predicted molar refractivity (Wildman–Crippen MR) is 104 cm³/mol. The highest BCUT2D eigenvalue weighted by Crippen LogP contribution is 2.17. The lowest BCUT2D eigenvalue weighted by atomic mass is 10.2. The number of hydrogen-bond acceptors (Lipinski definition) is 5. The molecule has 0 saturated carbocycles. The van der Waals surface area contributed by atoms with Crippen LogP contribution < -0.4 is 15.8 Å². The molecule has 1 aliphatic rings. The summed E-state index contributed by atoms with van der Waals surface area (Å²) in [5, 5.41) is 0. The zero-order valence-electron chi connectivity index (χ0n) is 15.8. The fourth-order valence-corrected chi connectivity index (χ4v) is 2.99. The average molecular weight is 399 g/mol. The van der Waals surface area contributed by atoms with Gasteiger partial charge in [0.05, 0.1) is 0 Å². The number of anilines is 1. The maximum absolute atomic E-state index is 13.0. The highest BCUT2D eigenvalue weighted by Gasteiger charge is 2.21. The summed E-state index contributed by atoms with van der Waals surface area (Å²) in [6.45, 7) is 2.36. The van der Waals surface area contributed by atoms with Crippen molar-refractivity contribution in [1.29, 1.82) is 0 Å². The molecule has 0 atom stereocenters. The van der Waals surface area contributed by atoms with Gasteiger partial charge in [-0.05, 0) is 36.4 Å². The number of halogens is 1. The van der Waals surface area contributed by atoms with Gasteiger partial charge in [0.2, 0.25) is 11.8 Å². The highest BCUT2D eigenvalue weighted by molar-refractivity contribution is 5.93. The Bertz CT molecular complexity index is 852. The highest BCUT2D eigenvalue weighted by atomic mass is 19.1. The Labute approximate surface area is 167 Å². The van der Waals surface area contributed by atoms with Gasteiger partial charge < -0.3 is 9.80 Å². The maximum atomic E-state index is 13.0. The summed E-state index contributed by atoms with van der Waals surface area (Å²) < 4.78 is 13.0. The smallest absolute Gasteiger partial charge is 0.288 e. The number of carbonyl (C=O) groups excluding carboxylic acids is 3. The number of aromatic nitrogens is 1. The monoisotopic (exact) mass is 399 g/mol. The van der Waals surface area contributed by atoms with Crippen molar-refractivity contribution in [2.75, 3.05) is 31.1 Å². The number of hydrazine groups is 1. The van der Waals surface area contributed by atoms with Gasteiger partial charge in [0.1, 0.15) is 11.5 Å². The van der Waals surface area contributed by atoms with Crippen LogP contribution in [0.3, 0.4) is 0 Å². The van der Waals surface area contributed by atoms with Crippen molar-refractivity contribution in [1.82, 2.24) is 20.7 Å². The maximum Gasteiger partial charge on any atom is 0.288 e. The van der Waals surface area contributed by atoms with Crippen molar-refractivity contribution in [3.05, 3.63) is 60.2 Å². The summed E-state index contributed by atoms with van der Waals surface area (Å²) in [5.41, 5.74) is 5.66. The van der Waals surface area contributed by atoms with Crippen LogP contribution in [-0.4, -0.2) is 53.8 Å². The van der Waals surface area contributed by atoms with Crippen LogP contribution in [0.4, 0.5) is 10.1 Å². The van der Waals surface area contributed by atoms with Gasteiger partial charge in [-0.25, -0.2) is 4.39 Å². The molecule has 8 nitrogen and oxygen atoms in total. The van der Waals surface area contributed by atoms with Gasteiger partial charge in [-0.15, -0.1) is 0 Å². The van der Waals surface area contributed by atoms with E-state index >= 15 is 0 Å². The van der Waals surface area contributed by atoms with Gasteiger partial charge in [-0.2, -0.15) is 0 Å². The molecule has 1 saturated heterocycles. The first kappa shape index (κ1) is 20.2. The fraction of sp³-hybridized carbons (Fsp3) is 0.300. The molecular formula is C20H22FN5O3. The molecule has 29 heavy (non-hydrogen) atoms. The van der Waals surface area contributed by atoms with Gasteiger partial charge in [-0.3, -0.25) is 30.2 Å². The molecule has 152 valence electrons. The van der Waals surface area contributed by atoms with Crippen LogP contribution >= 0.6 is 0 Å². The van der Waals surface area contributed by atoms with E-state index in [1.165, 1.54) is 24.4 Å². The summed E-state index contributed by atoms with van der Waals surface area (Å²) in [6, 6.07) is 11.1. The second-order valence-corrected chi connectivity index (χ2v) is 6.56. The van der Waals surface area contributed by atoms with Gasteiger partial charge in [-0.1, -0.05) is 6.07 Å². The van der Waals surface area contributed by atoms with Gasteiger partial charge in [0, 0.05) is 50.9 Å². The van der Waals surface area contributed by atoms with E-state index in [0.717, 1.165) is 5.69 Å². The van der Waals surface area contributed by atoms with E-state index in [2.05, 4.69) is 20.7 Å². The van der Waals surface area contributed by atoms with Crippen LogP contribution in [0, 0.1) is 5.82 Å². The lowest BCUT2D eigenvalue weighted by molar-refractivity contribution is -0.134. The number of nitrogens with zero attached hydrogens (tertiary/aromatic N) is 3. The van der Waals surface area contributed by atoms with E-state index in [1.807, 2.05) is 0 Å². The molecule has 1 aromatic carbocycles. The molecule has 0 spiro atoms. The van der Waals surface area contributed by atoms with E-state index in [4.69, 9.17) is 0 Å². The van der Waals surface area contributed by atoms with E-state index < -0.39 is 11.8 Å². The van der Waals surface area contributed by atoms with Crippen LogP contribution in [0.5, 0.6) is 0 Å². The largest absolute Gasteiger partial charge is 0.368 e. The molecule has 0 aliphatic carbocycles. The third-order valence-corrected chi connectivity index (χ3v) is 4.60. The average Bonchev–Trinajstić information content (AvgIpc) is 2.77. The zero-order chi connectivity index (χ0) is 20.6. The first-order chi connectivity index (χ1) is 14.0. The summed E-state index contributed by atoms with van der Waals surface area (Å²) in [5.74, 6) is -1.37. The number of benzene rings is 1. The third kappa shape index (κ3) is 5.74. The van der Waals surface area contributed by atoms with Crippen LogP contribution in [0.25, 0.3) is 0 Å². The lowest BCUT2D eigenvalue weighted by Gasteiger charge is -2.36. The minimum Gasteiger partial charge on any atom is -0.368 e. The molecule has 2 N–H and O–H groups in total. The first-order valence-corrected chi connectivity index (χ1v) is 9.31. The fourth-order valence-electron chi connectivity index (χ4n) is 2.99.